The summed E-state index contributed by atoms with van der Waals surface area (Å²) in [5.74, 6) is 2.11. The zero-order chi connectivity index (χ0) is 26.3. The van der Waals surface area contributed by atoms with Crippen LogP contribution >= 0.6 is 0 Å². The smallest absolute Gasteiger partial charge is 0.219 e. The average Bonchev–Trinajstić information content (AvgIpc) is 2.78. The first kappa shape index (κ1) is 32.4. The van der Waals surface area contributed by atoms with Crippen LogP contribution in [0.1, 0.15) is 80.1 Å². The van der Waals surface area contributed by atoms with E-state index < -0.39 is 0 Å². The Morgan fingerprint density at radius 3 is 0.882 bits per heavy atom. The zero-order valence-corrected chi connectivity index (χ0v) is 23.7. The Labute approximate surface area is 210 Å². The highest BCUT2D eigenvalue weighted by molar-refractivity contribution is 5.73. The van der Waals surface area contributed by atoms with Crippen LogP contribution in [0.4, 0.5) is 0 Å². The highest BCUT2D eigenvalue weighted by Crippen LogP contribution is 2.16. The van der Waals surface area contributed by atoms with Gasteiger partial charge >= 0.3 is 0 Å². The lowest BCUT2D eigenvalue weighted by molar-refractivity contribution is -0.128. The average molecular weight is 483 g/mol. The van der Waals surface area contributed by atoms with E-state index >= 15 is 0 Å². The lowest BCUT2D eigenvalue weighted by Gasteiger charge is -2.28. The summed E-state index contributed by atoms with van der Waals surface area (Å²) in [5, 5.41) is 0. The maximum Gasteiger partial charge on any atom is 0.219 e. The molecule has 34 heavy (non-hydrogen) atoms. The molecule has 200 valence electrons. The van der Waals surface area contributed by atoms with Gasteiger partial charge in [0.1, 0.15) is 0 Å². The van der Waals surface area contributed by atoms with Gasteiger partial charge < -0.3 is 19.6 Å². The van der Waals surface area contributed by atoms with Crippen molar-refractivity contribution in [3.8, 4) is 0 Å². The number of hydrogen-bond acceptors (Lipinski definition) is 4. The molecule has 7 heteroatoms. The van der Waals surface area contributed by atoms with Crippen LogP contribution in [-0.4, -0.2) is 97.7 Å². The Hall–Kier alpha value is -1.63. The van der Waals surface area contributed by atoms with Crippen molar-refractivity contribution in [2.24, 2.45) is 17.8 Å². The molecule has 0 aromatic carbocycles. The minimum absolute atomic E-state index is 0.127. The van der Waals surface area contributed by atoms with Gasteiger partial charge in [0, 0.05) is 61.5 Å². The minimum atomic E-state index is 0.127. The molecule has 0 N–H and O–H groups in total. The summed E-state index contributed by atoms with van der Waals surface area (Å²) >= 11 is 0. The molecule has 0 aliphatic carbocycles. The van der Waals surface area contributed by atoms with Crippen molar-refractivity contribution in [2.45, 2.75) is 80.1 Å². The van der Waals surface area contributed by atoms with E-state index in [2.05, 4.69) is 25.7 Å². The fourth-order valence-electron chi connectivity index (χ4n) is 3.69. The summed E-state index contributed by atoms with van der Waals surface area (Å²) < 4.78 is 0. The first-order valence-corrected chi connectivity index (χ1v) is 13.2. The van der Waals surface area contributed by atoms with Crippen molar-refractivity contribution in [1.29, 1.82) is 0 Å². The molecule has 3 amide bonds. The van der Waals surface area contributed by atoms with Crippen LogP contribution in [0.25, 0.3) is 0 Å². The van der Waals surface area contributed by atoms with Crippen LogP contribution in [0.15, 0.2) is 0 Å². The van der Waals surface area contributed by atoms with E-state index in [-0.39, 0.29) is 17.7 Å². The number of carbonyl (C=O) groups excluding carboxylic acids is 3. The van der Waals surface area contributed by atoms with Gasteiger partial charge in [-0.25, -0.2) is 0 Å². The summed E-state index contributed by atoms with van der Waals surface area (Å²) in [6.07, 6.45) is 6.50. The highest BCUT2D eigenvalue weighted by Gasteiger charge is 2.15. The molecule has 0 saturated carbocycles. The molecule has 3 atom stereocenters. The fraction of sp³-hybridized carbons (Fsp3) is 0.889. The second-order valence-corrected chi connectivity index (χ2v) is 10.7. The van der Waals surface area contributed by atoms with Gasteiger partial charge in [-0.2, -0.15) is 0 Å². The summed E-state index contributed by atoms with van der Waals surface area (Å²) in [4.78, 5) is 42.4. The molecule has 0 bridgehead atoms. The molecule has 0 rings (SSSR count). The number of amides is 3. The zero-order valence-electron chi connectivity index (χ0n) is 23.7. The van der Waals surface area contributed by atoms with Crippen LogP contribution in [0.2, 0.25) is 0 Å². The van der Waals surface area contributed by atoms with Crippen molar-refractivity contribution in [3.63, 3.8) is 0 Å². The second-order valence-electron chi connectivity index (χ2n) is 10.7. The summed E-state index contributed by atoms with van der Waals surface area (Å²) in [5.41, 5.74) is 0. The number of nitrogens with zero attached hydrogens (tertiary/aromatic N) is 4. The third-order valence-electron chi connectivity index (χ3n) is 7.30. The van der Waals surface area contributed by atoms with Crippen molar-refractivity contribution in [3.05, 3.63) is 0 Å². The first-order chi connectivity index (χ1) is 15.8. The van der Waals surface area contributed by atoms with Crippen molar-refractivity contribution in [2.75, 3.05) is 60.4 Å². The minimum Gasteiger partial charge on any atom is -0.346 e. The van der Waals surface area contributed by atoms with Gasteiger partial charge in [-0.05, 0) is 75.9 Å². The Morgan fingerprint density at radius 1 is 0.471 bits per heavy atom. The van der Waals surface area contributed by atoms with Crippen LogP contribution < -0.4 is 0 Å². The van der Waals surface area contributed by atoms with Gasteiger partial charge in [0.25, 0.3) is 0 Å². The molecule has 0 radical (unpaired) electrons. The van der Waals surface area contributed by atoms with E-state index in [0.29, 0.717) is 17.8 Å². The molecule has 0 fully saturated rings. The topological polar surface area (TPSA) is 64.2 Å². The quantitative estimate of drug-likeness (QED) is 0.296. The predicted molar refractivity (Wildman–Crippen MR) is 142 cm³/mol. The predicted octanol–water partition coefficient (Wildman–Crippen LogP) is 3.97. The molecular weight excluding hydrogens is 428 g/mol. The fourth-order valence-corrected chi connectivity index (χ4v) is 3.69. The largest absolute Gasteiger partial charge is 0.346 e. The first-order valence-electron chi connectivity index (χ1n) is 13.2. The van der Waals surface area contributed by atoms with E-state index in [4.69, 9.17) is 0 Å². The monoisotopic (exact) mass is 482 g/mol. The van der Waals surface area contributed by atoms with Crippen LogP contribution in [0.5, 0.6) is 0 Å². The van der Waals surface area contributed by atoms with Gasteiger partial charge in [0.05, 0.1) is 0 Å². The van der Waals surface area contributed by atoms with Crippen LogP contribution in [-0.2, 0) is 14.4 Å². The number of carbonyl (C=O) groups is 3. The van der Waals surface area contributed by atoms with Crippen molar-refractivity contribution < 1.29 is 14.4 Å². The molecule has 0 heterocycles. The maximum absolute atomic E-state index is 11.5. The Bertz CT molecular complexity index is 518. The summed E-state index contributed by atoms with van der Waals surface area (Å²) in [6, 6.07) is 0. The number of hydrogen-bond donors (Lipinski definition) is 0. The summed E-state index contributed by atoms with van der Waals surface area (Å²) in [6.45, 7) is 17.4. The molecule has 0 aliphatic rings. The molecule has 0 spiro atoms. The molecular formula is C27H54N4O3. The van der Waals surface area contributed by atoms with Crippen LogP contribution in [0, 0.1) is 17.8 Å². The standard InChI is InChI=1S/C27H54N4O3/c1-22(10-16-28(7)25(4)32)13-19-31(20-14-23(2)11-17-29(8)26(5)33)21-15-24(3)12-18-30(9)27(6)34/h22-24H,10-21H2,1-9H3. The molecule has 0 aliphatic heterocycles. The normalized spacial score (nSPS) is 13.9. The van der Waals surface area contributed by atoms with Crippen molar-refractivity contribution >= 4 is 17.7 Å². The lowest BCUT2D eigenvalue weighted by Crippen LogP contribution is -2.32. The molecule has 0 aromatic heterocycles. The molecule has 3 unspecified atom stereocenters. The van der Waals surface area contributed by atoms with E-state index in [1.54, 1.807) is 35.5 Å². The third kappa shape index (κ3) is 16.1. The van der Waals surface area contributed by atoms with Gasteiger partial charge in [-0.3, -0.25) is 14.4 Å². The van der Waals surface area contributed by atoms with E-state index in [9.17, 15) is 14.4 Å². The van der Waals surface area contributed by atoms with Gasteiger partial charge in [0.15, 0.2) is 0 Å². The summed E-state index contributed by atoms with van der Waals surface area (Å²) in [7, 11) is 5.62. The Balaban J connectivity index is 4.67. The lowest BCUT2D eigenvalue weighted by atomic mass is 10.00. The molecule has 7 nitrogen and oxygen atoms in total. The highest BCUT2D eigenvalue weighted by atomic mass is 16.2. The number of rotatable bonds is 18. The Kier molecular flexibility index (Phi) is 16.9. The van der Waals surface area contributed by atoms with E-state index in [0.717, 1.165) is 77.8 Å². The van der Waals surface area contributed by atoms with Gasteiger partial charge in [-0.15, -0.1) is 0 Å². The second kappa shape index (κ2) is 17.8. The maximum atomic E-state index is 11.5. The third-order valence-corrected chi connectivity index (χ3v) is 7.30. The molecule has 0 saturated heterocycles. The van der Waals surface area contributed by atoms with E-state index in [1.165, 1.54) is 0 Å². The molecule has 0 aromatic rings. The van der Waals surface area contributed by atoms with E-state index in [1.807, 2.05) is 21.1 Å². The van der Waals surface area contributed by atoms with Gasteiger partial charge in [-0.1, -0.05) is 20.8 Å². The van der Waals surface area contributed by atoms with Crippen molar-refractivity contribution in [1.82, 2.24) is 19.6 Å². The van der Waals surface area contributed by atoms with Gasteiger partial charge in [0.2, 0.25) is 17.7 Å². The Morgan fingerprint density at radius 2 is 0.676 bits per heavy atom. The SMILES string of the molecule is CC(=O)N(C)CCC(C)CCN(CCC(C)CCN(C)C(C)=O)CCC(C)CCN(C)C(C)=O. The van der Waals surface area contributed by atoms with Crippen LogP contribution in [0.3, 0.4) is 0 Å².